The Bertz CT molecular complexity index is 818. The number of benzene rings is 1. The molecule has 1 saturated heterocycles. The summed E-state index contributed by atoms with van der Waals surface area (Å²) in [7, 11) is 0. The van der Waals surface area contributed by atoms with Crippen LogP contribution in [0.15, 0.2) is 47.5 Å². The molecule has 0 saturated carbocycles. The molecule has 8 heteroatoms. The Morgan fingerprint density at radius 2 is 2.09 bits per heavy atom. The van der Waals surface area contributed by atoms with Crippen LogP contribution in [0.3, 0.4) is 0 Å². The van der Waals surface area contributed by atoms with E-state index in [1.54, 1.807) is 36.5 Å². The molecule has 0 bridgehead atoms. The summed E-state index contributed by atoms with van der Waals surface area (Å²) in [6.45, 7) is 0. The van der Waals surface area contributed by atoms with Crippen LogP contribution in [0.1, 0.15) is 16.1 Å². The molecule has 23 heavy (non-hydrogen) atoms. The van der Waals surface area contributed by atoms with Crippen LogP contribution < -0.4 is 5.43 Å². The Hall–Kier alpha value is -2.09. The fraction of sp³-hybridized carbons (Fsp3) is 0. The summed E-state index contributed by atoms with van der Waals surface area (Å²) in [5.74, 6) is -0.872. The van der Waals surface area contributed by atoms with Gasteiger partial charge in [-0.2, -0.15) is 5.01 Å². The van der Waals surface area contributed by atoms with E-state index in [1.165, 1.54) is 0 Å². The van der Waals surface area contributed by atoms with Gasteiger partial charge in [-0.15, -0.1) is 0 Å². The molecule has 116 valence electrons. The highest BCUT2D eigenvalue weighted by Gasteiger charge is 2.34. The van der Waals surface area contributed by atoms with E-state index in [4.69, 9.17) is 23.8 Å². The molecule has 0 unspecified atom stereocenters. The number of amides is 2. The molecule has 2 N–H and O–H groups in total. The Balaban J connectivity index is 1.79. The number of carbonyl (C=O) groups excluding carboxylic acids is 2. The second-order valence-electron chi connectivity index (χ2n) is 4.56. The maximum absolute atomic E-state index is 12.4. The summed E-state index contributed by atoms with van der Waals surface area (Å²) in [5.41, 5.74) is 3.55. The number of H-pyrrole nitrogens is 1. The first kappa shape index (κ1) is 15.8. The number of nitrogens with one attached hydrogen (secondary N) is 2. The lowest BCUT2D eigenvalue weighted by atomic mass is 10.2. The summed E-state index contributed by atoms with van der Waals surface area (Å²) in [6.07, 6.45) is 3.44. The molecule has 1 fully saturated rings. The molecule has 0 radical (unpaired) electrons. The van der Waals surface area contributed by atoms with Crippen molar-refractivity contribution < 1.29 is 9.59 Å². The number of hydrogen-bond acceptors (Lipinski definition) is 4. The quantitative estimate of drug-likeness (QED) is 0.649. The third-order valence-electron chi connectivity index (χ3n) is 3.03. The Labute approximate surface area is 146 Å². The summed E-state index contributed by atoms with van der Waals surface area (Å²) in [5, 5.41) is 1.36. The predicted octanol–water partition coefficient (Wildman–Crippen LogP) is 3.21. The van der Waals surface area contributed by atoms with Gasteiger partial charge in [-0.1, -0.05) is 35.5 Å². The predicted molar refractivity (Wildman–Crippen MR) is 94.7 cm³/mol. The number of hydrogen-bond donors (Lipinski definition) is 2. The van der Waals surface area contributed by atoms with Gasteiger partial charge in [0.05, 0.1) is 15.5 Å². The van der Waals surface area contributed by atoms with Crippen LogP contribution in [0.4, 0.5) is 0 Å². The highest BCUT2D eigenvalue weighted by Crippen LogP contribution is 2.31. The van der Waals surface area contributed by atoms with Crippen molar-refractivity contribution in [2.45, 2.75) is 0 Å². The normalized spacial score (nSPS) is 16.2. The summed E-state index contributed by atoms with van der Waals surface area (Å²) < 4.78 is 0.258. The van der Waals surface area contributed by atoms with Gasteiger partial charge in [0.1, 0.15) is 0 Å². The number of aromatic amines is 1. The maximum atomic E-state index is 12.4. The zero-order valence-corrected chi connectivity index (χ0v) is 14.0. The van der Waals surface area contributed by atoms with Gasteiger partial charge in [0.15, 0.2) is 4.32 Å². The van der Waals surface area contributed by atoms with Crippen molar-refractivity contribution in [1.29, 1.82) is 0 Å². The number of rotatable bonds is 3. The number of carbonyl (C=O) groups is 2. The third kappa shape index (κ3) is 3.31. The van der Waals surface area contributed by atoms with Gasteiger partial charge in [0.2, 0.25) is 0 Å². The van der Waals surface area contributed by atoms with Gasteiger partial charge in [0, 0.05) is 11.9 Å². The van der Waals surface area contributed by atoms with Gasteiger partial charge in [0.25, 0.3) is 11.8 Å². The fourth-order valence-corrected chi connectivity index (χ4v) is 3.34. The molecule has 1 aliphatic rings. The number of thioether (sulfide) groups is 1. The Morgan fingerprint density at radius 3 is 2.78 bits per heavy atom. The Kier molecular flexibility index (Phi) is 4.51. The molecule has 1 aliphatic heterocycles. The molecule has 2 amide bonds. The van der Waals surface area contributed by atoms with E-state index < -0.39 is 5.91 Å². The number of aromatic nitrogens is 1. The molecule has 0 aliphatic carbocycles. The van der Waals surface area contributed by atoms with Crippen LogP contribution >= 0.6 is 35.6 Å². The SMILES string of the molecule is O=C(NN1C(=O)C(=Cc2ccc[nH]2)SC1=S)c1ccccc1Cl. The standard InChI is InChI=1S/C15H10ClN3O2S2/c16-11-6-2-1-5-10(11)13(20)18-19-14(21)12(23-15(19)22)8-9-4-3-7-17-9/h1-8,17H,(H,18,20). The lowest BCUT2D eigenvalue weighted by molar-refractivity contribution is -0.123. The second-order valence-corrected chi connectivity index (χ2v) is 6.65. The first-order chi connectivity index (χ1) is 11.1. The monoisotopic (exact) mass is 363 g/mol. The number of hydrazine groups is 1. The Morgan fingerprint density at radius 1 is 1.30 bits per heavy atom. The van der Waals surface area contributed by atoms with E-state index >= 15 is 0 Å². The van der Waals surface area contributed by atoms with Gasteiger partial charge in [-0.25, -0.2) is 0 Å². The van der Waals surface area contributed by atoms with E-state index in [-0.39, 0.29) is 15.8 Å². The minimum absolute atomic E-state index is 0.258. The van der Waals surface area contributed by atoms with Gasteiger partial charge < -0.3 is 4.98 Å². The molecule has 3 rings (SSSR count). The molecule has 1 aromatic heterocycles. The highest BCUT2D eigenvalue weighted by atomic mass is 35.5. The van der Waals surface area contributed by atoms with Crippen LogP contribution in [0.25, 0.3) is 6.08 Å². The number of nitrogens with zero attached hydrogens (tertiary/aromatic N) is 1. The van der Waals surface area contributed by atoms with Gasteiger partial charge >= 0.3 is 0 Å². The minimum atomic E-state index is -0.493. The molecule has 0 atom stereocenters. The third-order valence-corrected chi connectivity index (χ3v) is 4.67. The van der Waals surface area contributed by atoms with Crippen molar-refractivity contribution in [2.24, 2.45) is 0 Å². The van der Waals surface area contributed by atoms with Crippen LogP contribution in [0.2, 0.25) is 5.02 Å². The van der Waals surface area contributed by atoms with Crippen molar-refractivity contribution >= 4 is 57.8 Å². The van der Waals surface area contributed by atoms with Crippen LogP contribution in [0.5, 0.6) is 0 Å². The van der Waals surface area contributed by atoms with Crippen molar-refractivity contribution in [1.82, 2.24) is 15.4 Å². The van der Waals surface area contributed by atoms with Crippen LogP contribution in [-0.2, 0) is 4.79 Å². The van der Waals surface area contributed by atoms with E-state index in [9.17, 15) is 9.59 Å². The van der Waals surface area contributed by atoms with Crippen LogP contribution in [-0.4, -0.2) is 26.1 Å². The molecular weight excluding hydrogens is 354 g/mol. The van der Waals surface area contributed by atoms with E-state index in [0.717, 1.165) is 22.5 Å². The largest absolute Gasteiger partial charge is 0.362 e. The van der Waals surface area contributed by atoms with Crippen molar-refractivity contribution in [2.75, 3.05) is 0 Å². The minimum Gasteiger partial charge on any atom is -0.362 e. The first-order valence-corrected chi connectivity index (χ1v) is 8.13. The van der Waals surface area contributed by atoms with Gasteiger partial charge in [-0.3, -0.25) is 15.0 Å². The molecule has 5 nitrogen and oxygen atoms in total. The summed E-state index contributed by atoms with van der Waals surface area (Å²) >= 11 is 12.3. The molecule has 2 aromatic rings. The average Bonchev–Trinajstić information content (AvgIpc) is 3.12. The van der Waals surface area contributed by atoms with Crippen LogP contribution in [0, 0.1) is 0 Å². The van der Waals surface area contributed by atoms with Crippen molar-refractivity contribution in [3.05, 3.63) is 63.8 Å². The lowest BCUT2D eigenvalue weighted by Crippen LogP contribution is -2.44. The zero-order chi connectivity index (χ0) is 16.4. The topological polar surface area (TPSA) is 65.2 Å². The van der Waals surface area contributed by atoms with E-state index in [1.807, 2.05) is 12.1 Å². The van der Waals surface area contributed by atoms with E-state index in [0.29, 0.717) is 9.93 Å². The van der Waals surface area contributed by atoms with Crippen molar-refractivity contribution in [3.63, 3.8) is 0 Å². The molecule has 1 aromatic carbocycles. The molecular formula is C15H10ClN3O2S2. The molecule has 0 spiro atoms. The highest BCUT2D eigenvalue weighted by molar-refractivity contribution is 8.26. The smallest absolute Gasteiger partial charge is 0.285 e. The lowest BCUT2D eigenvalue weighted by Gasteiger charge is -2.16. The number of thiocarbonyl (C=S) groups is 1. The fourth-order valence-electron chi connectivity index (χ4n) is 1.95. The first-order valence-electron chi connectivity index (χ1n) is 6.53. The maximum Gasteiger partial charge on any atom is 0.285 e. The van der Waals surface area contributed by atoms with Gasteiger partial charge in [-0.05, 0) is 42.6 Å². The second kappa shape index (κ2) is 6.57. The summed E-state index contributed by atoms with van der Waals surface area (Å²) in [4.78, 5) is 28.0. The average molecular weight is 364 g/mol. The van der Waals surface area contributed by atoms with Crippen molar-refractivity contribution in [3.8, 4) is 0 Å². The molecule has 2 heterocycles. The number of halogens is 1. The van der Waals surface area contributed by atoms with E-state index in [2.05, 4.69) is 10.4 Å². The summed E-state index contributed by atoms with van der Waals surface area (Å²) in [6, 6.07) is 10.2. The zero-order valence-electron chi connectivity index (χ0n) is 11.6.